The highest BCUT2D eigenvalue weighted by Crippen LogP contribution is 2.18. The lowest BCUT2D eigenvalue weighted by atomic mass is 10.2. The molecule has 7 nitrogen and oxygen atoms in total. The number of aromatic nitrogens is 4. The van der Waals surface area contributed by atoms with Crippen LogP contribution in [-0.4, -0.2) is 31.8 Å². The zero-order chi connectivity index (χ0) is 17.6. The average molecular weight is 420 g/mol. The lowest BCUT2D eigenvalue weighted by Gasteiger charge is -2.06. The van der Waals surface area contributed by atoms with Crippen LogP contribution in [0.4, 0.5) is 0 Å². The van der Waals surface area contributed by atoms with Crippen molar-refractivity contribution in [1.29, 1.82) is 0 Å². The molecular formula is C16H14BrN5O2S. The molecule has 0 aromatic carbocycles. The first-order valence-corrected chi connectivity index (χ1v) is 9.03. The minimum Gasteiger partial charge on any atom is -0.477 e. The fraction of sp³-hybridized carbons (Fsp3) is 0.188. The zero-order valence-electron chi connectivity index (χ0n) is 13.3. The van der Waals surface area contributed by atoms with E-state index in [0.717, 1.165) is 15.0 Å². The Morgan fingerprint density at radius 1 is 1.32 bits per heavy atom. The van der Waals surface area contributed by atoms with Gasteiger partial charge in [0.25, 0.3) is 5.91 Å². The summed E-state index contributed by atoms with van der Waals surface area (Å²) in [7, 11) is 0. The second-order valence-electron chi connectivity index (χ2n) is 4.91. The van der Waals surface area contributed by atoms with E-state index in [4.69, 9.17) is 4.74 Å². The number of halogens is 1. The normalized spacial score (nSPS) is 10.5. The van der Waals surface area contributed by atoms with Crippen LogP contribution in [-0.2, 0) is 6.54 Å². The molecule has 0 spiro atoms. The Labute approximate surface area is 156 Å². The summed E-state index contributed by atoms with van der Waals surface area (Å²) in [5.41, 5.74) is 2.52. The summed E-state index contributed by atoms with van der Waals surface area (Å²) < 4.78 is 10.5. The van der Waals surface area contributed by atoms with Gasteiger partial charge >= 0.3 is 0 Å². The minimum atomic E-state index is -0.259. The van der Waals surface area contributed by atoms with Crippen molar-refractivity contribution in [3.8, 4) is 17.1 Å². The summed E-state index contributed by atoms with van der Waals surface area (Å²) in [5, 5.41) is 2.79. The Kier molecular flexibility index (Phi) is 5.67. The summed E-state index contributed by atoms with van der Waals surface area (Å²) in [5.74, 6) is 0.195. The predicted octanol–water partition coefficient (Wildman–Crippen LogP) is 3.09. The van der Waals surface area contributed by atoms with Crippen LogP contribution in [0.15, 0.2) is 40.6 Å². The van der Waals surface area contributed by atoms with E-state index in [1.807, 2.05) is 13.0 Å². The molecule has 0 fully saturated rings. The molecule has 0 radical (unpaired) electrons. The molecule has 0 aliphatic rings. The average Bonchev–Trinajstić information content (AvgIpc) is 3.06. The van der Waals surface area contributed by atoms with Gasteiger partial charge in [0.05, 0.1) is 40.7 Å². The van der Waals surface area contributed by atoms with Gasteiger partial charge in [0.1, 0.15) is 5.69 Å². The van der Waals surface area contributed by atoms with Crippen molar-refractivity contribution in [2.75, 3.05) is 6.61 Å². The van der Waals surface area contributed by atoms with Crippen LogP contribution in [0, 0.1) is 0 Å². The van der Waals surface area contributed by atoms with Crippen molar-refractivity contribution in [1.82, 2.24) is 24.6 Å². The van der Waals surface area contributed by atoms with Crippen LogP contribution >= 0.6 is 27.5 Å². The molecule has 128 valence electrons. The molecule has 1 N–H and O–H groups in total. The van der Waals surface area contributed by atoms with Crippen molar-refractivity contribution in [3.05, 3.63) is 52.0 Å². The lowest BCUT2D eigenvalue weighted by Crippen LogP contribution is -2.23. The number of nitrogens with zero attached hydrogens (tertiary/aromatic N) is 4. The molecular weight excluding hydrogens is 406 g/mol. The van der Waals surface area contributed by atoms with E-state index in [2.05, 4.69) is 40.6 Å². The Bertz CT molecular complexity index is 869. The number of ether oxygens (including phenoxy) is 1. The molecule has 3 rings (SSSR count). The Morgan fingerprint density at radius 3 is 2.88 bits per heavy atom. The van der Waals surface area contributed by atoms with Gasteiger partial charge in [0.15, 0.2) is 0 Å². The summed E-state index contributed by atoms with van der Waals surface area (Å²) in [6.45, 7) is 2.75. The van der Waals surface area contributed by atoms with E-state index >= 15 is 0 Å². The van der Waals surface area contributed by atoms with E-state index in [1.54, 1.807) is 30.7 Å². The van der Waals surface area contributed by atoms with Gasteiger partial charge < -0.3 is 10.1 Å². The number of hydrogen-bond donors (Lipinski definition) is 1. The van der Waals surface area contributed by atoms with Gasteiger partial charge in [-0.2, -0.15) is 4.37 Å². The summed E-state index contributed by atoms with van der Waals surface area (Å²) in [4.78, 5) is 24.8. The third-order valence-electron chi connectivity index (χ3n) is 3.16. The molecule has 0 aliphatic carbocycles. The number of amides is 1. The molecule has 0 aliphatic heterocycles. The van der Waals surface area contributed by atoms with E-state index in [-0.39, 0.29) is 5.91 Å². The SMILES string of the molecule is CCOc1cncc(-c2ccc(C(=O)NCc3cc(Br)sn3)nc2)n1. The highest BCUT2D eigenvalue weighted by Gasteiger charge is 2.10. The van der Waals surface area contributed by atoms with E-state index in [0.29, 0.717) is 30.4 Å². The van der Waals surface area contributed by atoms with E-state index in [1.165, 1.54) is 11.5 Å². The highest BCUT2D eigenvalue weighted by atomic mass is 79.9. The number of rotatable bonds is 6. The third-order valence-corrected chi connectivity index (χ3v) is 4.44. The number of pyridine rings is 1. The second kappa shape index (κ2) is 8.13. The first-order valence-electron chi connectivity index (χ1n) is 7.46. The van der Waals surface area contributed by atoms with Crippen LogP contribution in [0.25, 0.3) is 11.3 Å². The molecule has 0 saturated heterocycles. The second-order valence-corrected chi connectivity index (χ2v) is 7.10. The molecule has 0 unspecified atom stereocenters. The standard InChI is InChI=1S/C16H14BrN5O2S/c1-2-24-15-9-18-8-13(21-15)10-3-4-12(19-6-10)16(23)20-7-11-5-14(17)25-22-11/h3-6,8-9H,2,7H2,1H3,(H,20,23). The van der Waals surface area contributed by atoms with Gasteiger partial charge in [0.2, 0.25) is 5.88 Å². The molecule has 3 aromatic heterocycles. The van der Waals surface area contributed by atoms with Crippen molar-refractivity contribution < 1.29 is 9.53 Å². The molecule has 3 aromatic rings. The molecule has 3 heterocycles. The van der Waals surface area contributed by atoms with Crippen LogP contribution < -0.4 is 10.1 Å². The fourth-order valence-electron chi connectivity index (χ4n) is 2.01. The van der Waals surface area contributed by atoms with E-state index < -0.39 is 0 Å². The molecule has 25 heavy (non-hydrogen) atoms. The maximum atomic E-state index is 12.2. The van der Waals surface area contributed by atoms with Gasteiger partial charge in [-0.15, -0.1) is 0 Å². The number of nitrogens with one attached hydrogen (secondary N) is 1. The summed E-state index contributed by atoms with van der Waals surface area (Å²) in [6.07, 6.45) is 4.77. The Hall–Kier alpha value is -2.39. The Balaban J connectivity index is 1.67. The number of hydrogen-bond acceptors (Lipinski definition) is 7. The topological polar surface area (TPSA) is 89.9 Å². The van der Waals surface area contributed by atoms with Crippen molar-refractivity contribution >= 4 is 33.4 Å². The minimum absolute atomic E-state index is 0.259. The van der Waals surface area contributed by atoms with Gasteiger partial charge in [-0.3, -0.25) is 14.8 Å². The quantitative estimate of drug-likeness (QED) is 0.659. The monoisotopic (exact) mass is 419 g/mol. The highest BCUT2D eigenvalue weighted by molar-refractivity contribution is 9.11. The van der Waals surface area contributed by atoms with Gasteiger partial charge in [-0.25, -0.2) is 4.98 Å². The largest absolute Gasteiger partial charge is 0.477 e. The number of carbonyl (C=O) groups excluding carboxylic acids is 1. The Morgan fingerprint density at radius 2 is 2.20 bits per heavy atom. The van der Waals surface area contributed by atoms with Crippen molar-refractivity contribution in [3.63, 3.8) is 0 Å². The molecule has 1 amide bonds. The van der Waals surface area contributed by atoms with Crippen LogP contribution in [0.1, 0.15) is 23.1 Å². The third kappa shape index (κ3) is 4.58. The smallest absolute Gasteiger partial charge is 0.270 e. The van der Waals surface area contributed by atoms with Crippen molar-refractivity contribution in [2.24, 2.45) is 0 Å². The maximum Gasteiger partial charge on any atom is 0.270 e. The number of carbonyl (C=O) groups is 1. The zero-order valence-corrected chi connectivity index (χ0v) is 15.7. The summed E-state index contributed by atoms with van der Waals surface area (Å²) in [6, 6.07) is 5.29. The first kappa shape index (κ1) is 17.4. The first-order chi connectivity index (χ1) is 12.2. The van der Waals surface area contributed by atoms with Crippen LogP contribution in [0.3, 0.4) is 0 Å². The summed E-state index contributed by atoms with van der Waals surface area (Å²) >= 11 is 4.67. The van der Waals surface area contributed by atoms with Gasteiger partial charge in [0, 0.05) is 11.8 Å². The van der Waals surface area contributed by atoms with Crippen LogP contribution in [0.2, 0.25) is 0 Å². The molecule has 9 heteroatoms. The fourth-order valence-corrected chi connectivity index (χ4v) is 3.01. The molecule has 0 atom stereocenters. The molecule has 0 saturated carbocycles. The van der Waals surface area contributed by atoms with Gasteiger partial charge in [-0.05, 0) is 52.6 Å². The maximum absolute atomic E-state index is 12.2. The van der Waals surface area contributed by atoms with E-state index in [9.17, 15) is 4.79 Å². The molecule has 0 bridgehead atoms. The predicted molar refractivity (Wildman–Crippen MR) is 97.4 cm³/mol. The van der Waals surface area contributed by atoms with Crippen LogP contribution in [0.5, 0.6) is 5.88 Å². The lowest BCUT2D eigenvalue weighted by molar-refractivity contribution is 0.0945. The van der Waals surface area contributed by atoms with Crippen molar-refractivity contribution in [2.45, 2.75) is 13.5 Å². The van der Waals surface area contributed by atoms with Gasteiger partial charge in [-0.1, -0.05) is 0 Å².